The van der Waals surface area contributed by atoms with Crippen molar-refractivity contribution in [3.8, 4) is 0 Å². The minimum absolute atomic E-state index is 0.170. The number of anilines is 2. The molecule has 0 saturated heterocycles. The third-order valence-electron chi connectivity index (χ3n) is 4.36. The van der Waals surface area contributed by atoms with E-state index in [1.807, 2.05) is 24.3 Å². The van der Waals surface area contributed by atoms with Crippen LogP contribution in [0.1, 0.15) is 51.9 Å². The number of benzene rings is 1. The Kier molecular flexibility index (Phi) is 5.45. The van der Waals surface area contributed by atoms with Gasteiger partial charge in [-0.3, -0.25) is 4.79 Å². The van der Waals surface area contributed by atoms with Gasteiger partial charge in [0.25, 0.3) is 0 Å². The van der Waals surface area contributed by atoms with Crippen LogP contribution in [0.3, 0.4) is 0 Å². The van der Waals surface area contributed by atoms with E-state index in [1.54, 1.807) is 0 Å². The fourth-order valence-electron chi connectivity index (χ4n) is 3.02. The zero-order valence-electron chi connectivity index (χ0n) is 12.4. The highest BCUT2D eigenvalue weighted by molar-refractivity contribution is 5.92. The van der Waals surface area contributed by atoms with Gasteiger partial charge in [-0.05, 0) is 55.9 Å². The minimum atomic E-state index is 0.170. The Morgan fingerprint density at radius 1 is 1.20 bits per heavy atom. The Morgan fingerprint density at radius 3 is 2.45 bits per heavy atom. The van der Waals surface area contributed by atoms with Crippen molar-refractivity contribution in [1.82, 2.24) is 0 Å². The second-order valence-electron chi connectivity index (χ2n) is 5.97. The lowest BCUT2D eigenvalue weighted by Gasteiger charge is -2.27. The average molecular weight is 274 g/mol. The molecule has 1 amide bonds. The zero-order valence-corrected chi connectivity index (χ0v) is 12.4. The molecule has 0 heterocycles. The smallest absolute Gasteiger partial charge is 0.227 e. The van der Waals surface area contributed by atoms with Crippen molar-refractivity contribution in [2.24, 2.45) is 11.8 Å². The lowest BCUT2D eigenvalue weighted by atomic mass is 9.79. The van der Waals surface area contributed by atoms with Gasteiger partial charge in [0.15, 0.2) is 0 Å². The quantitative estimate of drug-likeness (QED) is 0.790. The summed E-state index contributed by atoms with van der Waals surface area (Å²) in [6.07, 6.45) is 8.43. The molecule has 110 valence electrons. The number of nitrogen functional groups attached to an aromatic ring is 1. The lowest BCUT2D eigenvalue weighted by molar-refractivity contribution is -0.121. The van der Waals surface area contributed by atoms with Crippen molar-refractivity contribution in [3.05, 3.63) is 24.3 Å². The van der Waals surface area contributed by atoms with Gasteiger partial charge >= 0.3 is 0 Å². The van der Waals surface area contributed by atoms with Gasteiger partial charge in [0.2, 0.25) is 5.91 Å². The van der Waals surface area contributed by atoms with Crippen LogP contribution in [-0.2, 0) is 4.79 Å². The van der Waals surface area contributed by atoms with Crippen molar-refractivity contribution in [2.45, 2.75) is 51.9 Å². The summed E-state index contributed by atoms with van der Waals surface area (Å²) in [7, 11) is 0. The first-order valence-electron chi connectivity index (χ1n) is 7.85. The molecule has 20 heavy (non-hydrogen) atoms. The van der Waals surface area contributed by atoms with Gasteiger partial charge in [-0.25, -0.2) is 0 Å². The highest BCUT2D eigenvalue weighted by Gasteiger charge is 2.25. The number of amides is 1. The maximum Gasteiger partial charge on any atom is 0.227 e. The lowest BCUT2D eigenvalue weighted by Crippen LogP contribution is -2.27. The van der Waals surface area contributed by atoms with Crippen molar-refractivity contribution in [3.63, 3.8) is 0 Å². The SMILES string of the molecule is CCCCC1CCC(C(=O)Nc2ccc(N)cc2)CC1. The average Bonchev–Trinajstić information content (AvgIpc) is 2.48. The van der Waals surface area contributed by atoms with Gasteiger partial charge in [-0.15, -0.1) is 0 Å². The molecule has 1 saturated carbocycles. The molecule has 0 aromatic heterocycles. The van der Waals surface area contributed by atoms with Crippen LogP contribution in [0.2, 0.25) is 0 Å². The highest BCUT2D eigenvalue weighted by atomic mass is 16.1. The molecule has 0 atom stereocenters. The summed E-state index contributed by atoms with van der Waals surface area (Å²) in [6, 6.07) is 7.36. The van der Waals surface area contributed by atoms with Gasteiger partial charge in [-0.2, -0.15) is 0 Å². The first-order valence-corrected chi connectivity index (χ1v) is 7.85. The summed E-state index contributed by atoms with van der Waals surface area (Å²) in [5, 5.41) is 3.00. The first kappa shape index (κ1) is 14.9. The molecule has 0 spiro atoms. The van der Waals surface area contributed by atoms with Crippen molar-refractivity contribution < 1.29 is 4.79 Å². The van der Waals surface area contributed by atoms with Crippen molar-refractivity contribution in [1.29, 1.82) is 0 Å². The van der Waals surface area contributed by atoms with Gasteiger partial charge in [0.1, 0.15) is 0 Å². The van der Waals surface area contributed by atoms with E-state index in [4.69, 9.17) is 5.73 Å². The Bertz CT molecular complexity index is 419. The summed E-state index contributed by atoms with van der Waals surface area (Å²) in [5.74, 6) is 1.20. The molecule has 0 radical (unpaired) electrons. The van der Waals surface area contributed by atoms with Gasteiger partial charge in [-0.1, -0.05) is 26.2 Å². The number of rotatable bonds is 5. The van der Waals surface area contributed by atoms with E-state index < -0.39 is 0 Å². The molecule has 1 aliphatic rings. The summed E-state index contributed by atoms with van der Waals surface area (Å²) in [5.41, 5.74) is 7.21. The highest BCUT2D eigenvalue weighted by Crippen LogP contribution is 2.32. The van der Waals surface area contributed by atoms with Crippen LogP contribution in [0, 0.1) is 11.8 Å². The molecule has 2 rings (SSSR count). The topological polar surface area (TPSA) is 55.1 Å². The molecule has 1 aliphatic carbocycles. The molecular formula is C17H26N2O. The van der Waals surface area contributed by atoms with E-state index in [0.29, 0.717) is 0 Å². The second kappa shape index (κ2) is 7.32. The molecule has 0 bridgehead atoms. The number of carbonyl (C=O) groups is 1. The van der Waals surface area contributed by atoms with Gasteiger partial charge in [0, 0.05) is 17.3 Å². The maximum atomic E-state index is 12.2. The predicted molar refractivity (Wildman–Crippen MR) is 84.5 cm³/mol. The Morgan fingerprint density at radius 2 is 1.85 bits per heavy atom. The summed E-state index contributed by atoms with van der Waals surface area (Å²) in [4.78, 5) is 12.2. The number of hydrogen-bond acceptors (Lipinski definition) is 2. The number of nitrogens with two attached hydrogens (primary N) is 1. The van der Waals surface area contributed by atoms with Gasteiger partial charge < -0.3 is 11.1 Å². The van der Waals surface area contributed by atoms with Crippen LogP contribution in [0.5, 0.6) is 0 Å². The molecule has 1 aromatic carbocycles. The number of nitrogens with one attached hydrogen (secondary N) is 1. The van der Waals surface area contributed by atoms with E-state index in [2.05, 4.69) is 12.2 Å². The number of carbonyl (C=O) groups excluding carboxylic acids is 1. The molecule has 1 aromatic rings. The Labute approximate surface area is 121 Å². The third kappa shape index (κ3) is 4.26. The van der Waals surface area contributed by atoms with E-state index in [1.165, 1.54) is 32.1 Å². The van der Waals surface area contributed by atoms with Crippen molar-refractivity contribution >= 4 is 17.3 Å². The molecule has 3 heteroatoms. The molecule has 0 unspecified atom stereocenters. The standard InChI is InChI=1S/C17H26N2O/c1-2-3-4-13-5-7-14(8-6-13)17(20)19-16-11-9-15(18)10-12-16/h9-14H,2-8,18H2,1H3,(H,19,20). The Balaban J connectivity index is 1.78. The van der Waals surface area contributed by atoms with Crippen LogP contribution in [0.4, 0.5) is 11.4 Å². The maximum absolute atomic E-state index is 12.2. The summed E-state index contributed by atoms with van der Waals surface area (Å²) in [6.45, 7) is 2.24. The second-order valence-corrected chi connectivity index (χ2v) is 5.97. The van der Waals surface area contributed by atoms with E-state index in [0.717, 1.165) is 30.1 Å². The third-order valence-corrected chi connectivity index (χ3v) is 4.36. The molecule has 3 N–H and O–H groups in total. The van der Waals surface area contributed by atoms with E-state index in [-0.39, 0.29) is 11.8 Å². The van der Waals surface area contributed by atoms with Crippen LogP contribution in [-0.4, -0.2) is 5.91 Å². The molecule has 0 aliphatic heterocycles. The Hall–Kier alpha value is -1.51. The monoisotopic (exact) mass is 274 g/mol. The number of hydrogen-bond donors (Lipinski definition) is 2. The van der Waals surface area contributed by atoms with Gasteiger partial charge in [0.05, 0.1) is 0 Å². The van der Waals surface area contributed by atoms with Crippen LogP contribution in [0.15, 0.2) is 24.3 Å². The number of unbranched alkanes of at least 4 members (excludes halogenated alkanes) is 1. The summed E-state index contributed by atoms with van der Waals surface area (Å²) < 4.78 is 0. The first-order chi connectivity index (χ1) is 9.69. The molecule has 1 fully saturated rings. The fourth-order valence-corrected chi connectivity index (χ4v) is 3.02. The van der Waals surface area contributed by atoms with Crippen LogP contribution >= 0.6 is 0 Å². The normalized spacial score (nSPS) is 22.4. The molecular weight excluding hydrogens is 248 g/mol. The molecule has 3 nitrogen and oxygen atoms in total. The zero-order chi connectivity index (χ0) is 14.4. The van der Waals surface area contributed by atoms with E-state index in [9.17, 15) is 4.79 Å². The van der Waals surface area contributed by atoms with Crippen molar-refractivity contribution in [2.75, 3.05) is 11.1 Å². The summed E-state index contributed by atoms with van der Waals surface area (Å²) >= 11 is 0. The van der Waals surface area contributed by atoms with E-state index >= 15 is 0 Å². The minimum Gasteiger partial charge on any atom is -0.399 e. The predicted octanol–water partition coefficient (Wildman–Crippen LogP) is 4.20. The largest absolute Gasteiger partial charge is 0.399 e. The fraction of sp³-hybridized carbons (Fsp3) is 0.588. The van der Waals surface area contributed by atoms with Crippen LogP contribution in [0.25, 0.3) is 0 Å². The van der Waals surface area contributed by atoms with Crippen LogP contribution < -0.4 is 11.1 Å².